The van der Waals surface area contributed by atoms with Gasteiger partial charge in [-0.2, -0.15) is 0 Å². The third-order valence-corrected chi connectivity index (χ3v) is 2.75. The van der Waals surface area contributed by atoms with E-state index in [4.69, 9.17) is 16.7 Å². The lowest BCUT2D eigenvalue weighted by Crippen LogP contribution is -1.97. The summed E-state index contributed by atoms with van der Waals surface area (Å²) in [5.74, 6) is -1.12. The zero-order valence-electron chi connectivity index (χ0n) is 6.62. The van der Waals surface area contributed by atoms with Crippen molar-refractivity contribution in [3.8, 4) is 0 Å². The highest BCUT2D eigenvalue weighted by atomic mass is 35.5. The normalized spacial score (nSPS) is 9.92. The van der Waals surface area contributed by atoms with E-state index in [9.17, 15) is 9.59 Å². The fourth-order valence-electron chi connectivity index (χ4n) is 0.838. The minimum atomic E-state index is -0.897. The van der Waals surface area contributed by atoms with Crippen molar-refractivity contribution in [1.29, 1.82) is 0 Å². The molecule has 0 saturated carbocycles. The van der Waals surface area contributed by atoms with Crippen molar-refractivity contribution in [3.63, 3.8) is 0 Å². The first-order chi connectivity index (χ1) is 6.13. The van der Waals surface area contributed by atoms with Gasteiger partial charge in [0.05, 0.1) is 17.2 Å². The van der Waals surface area contributed by atoms with Gasteiger partial charge in [-0.1, -0.05) is 0 Å². The third-order valence-electron chi connectivity index (χ3n) is 1.38. The van der Waals surface area contributed by atoms with Crippen LogP contribution in [0.1, 0.15) is 14.5 Å². The maximum Gasteiger partial charge on any atom is 0.308 e. The fraction of sp³-hybridized carbons (Fsp3) is 0.250. The van der Waals surface area contributed by atoms with Crippen molar-refractivity contribution in [2.45, 2.75) is 6.42 Å². The van der Waals surface area contributed by atoms with E-state index in [-0.39, 0.29) is 18.1 Å². The van der Waals surface area contributed by atoms with Crippen LogP contribution in [0.25, 0.3) is 0 Å². The fourth-order valence-corrected chi connectivity index (χ4v) is 2.00. The number of thiophene rings is 1. The highest BCUT2D eigenvalue weighted by molar-refractivity contribution is 7.14. The second-order valence-corrected chi connectivity index (χ2v) is 3.83. The van der Waals surface area contributed by atoms with Crippen molar-refractivity contribution in [2.75, 3.05) is 5.88 Å². The molecule has 5 heteroatoms. The van der Waals surface area contributed by atoms with Crippen LogP contribution >= 0.6 is 22.9 Å². The van der Waals surface area contributed by atoms with Gasteiger partial charge in [0.25, 0.3) is 0 Å². The lowest BCUT2D eigenvalue weighted by Gasteiger charge is -1.89. The molecule has 1 aromatic rings. The van der Waals surface area contributed by atoms with E-state index < -0.39 is 5.97 Å². The van der Waals surface area contributed by atoms with E-state index in [0.717, 1.165) is 0 Å². The Labute approximate surface area is 84.0 Å². The number of ketones is 1. The molecule has 0 fully saturated rings. The van der Waals surface area contributed by atoms with Crippen LogP contribution in [0.15, 0.2) is 12.1 Å². The molecule has 70 valence electrons. The lowest BCUT2D eigenvalue weighted by molar-refractivity contribution is -0.136. The van der Waals surface area contributed by atoms with Crippen molar-refractivity contribution < 1.29 is 14.7 Å². The van der Waals surface area contributed by atoms with Gasteiger partial charge in [0.15, 0.2) is 5.78 Å². The van der Waals surface area contributed by atoms with E-state index in [1.165, 1.54) is 11.3 Å². The van der Waals surface area contributed by atoms with Crippen LogP contribution in [0.3, 0.4) is 0 Å². The Morgan fingerprint density at radius 3 is 2.69 bits per heavy atom. The van der Waals surface area contributed by atoms with Crippen LogP contribution in [-0.4, -0.2) is 22.7 Å². The molecule has 0 radical (unpaired) electrons. The number of halogens is 1. The monoisotopic (exact) mass is 218 g/mol. The first-order valence-corrected chi connectivity index (χ1v) is 4.88. The van der Waals surface area contributed by atoms with Crippen LogP contribution in [0.2, 0.25) is 0 Å². The molecule has 0 atom stereocenters. The zero-order valence-corrected chi connectivity index (χ0v) is 8.19. The number of carboxylic acid groups (broad SMARTS) is 1. The first kappa shape index (κ1) is 10.2. The molecule has 0 bridgehead atoms. The SMILES string of the molecule is O=C(O)Cc1ccc(C(=O)CCl)s1. The molecule has 0 amide bonds. The number of hydrogen-bond acceptors (Lipinski definition) is 3. The quantitative estimate of drug-likeness (QED) is 0.619. The summed E-state index contributed by atoms with van der Waals surface area (Å²) in [7, 11) is 0. The minimum Gasteiger partial charge on any atom is -0.481 e. The lowest BCUT2D eigenvalue weighted by atomic mass is 10.3. The Hall–Kier alpha value is -0.870. The summed E-state index contributed by atoms with van der Waals surface area (Å²) in [6.07, 6.45) is -0.0414. The molecule has 1 N–H and O–H groups in total. The molecule has 0 aromatic carbocycles. The average molecular weight is 219 g/mol. The largest absolute Gasteiger partial charge is 0.481 e. The van der Waals surface area contributed by atoms with Gasteiger partial charge in [0, 0.05) is 4.88 Å². The van der Waals surface area contributed by atoms with Crippen molar-refractivity contribution >= 4 is 34.7 Å². The molecule has 3 nitrogen and oxygen atoms in total. The summed E-state index contributed by atoms with van der Waals surface area (Å²) in [5, 5.41) is 8.47. The molecule has 1 aromatic heterocycles. The Balaban J connectivity index is 2.74. The van der Waals surface area contributed by atoms with Crippen LogP contribution < -0.4 is 0 Å². The Bertz CT molecular complexity index is 332. The number of carboxylic acids is 1. The summed E-state index contributed by atoms with van der Waals surface area (Å²) < 4.78 is 0. The van der Waals surface area contributed by atoms with Crippen molar-refractivity contribution in [2.24, 2.45) is 0 Å². The van der Waals surface area contributed by atoms with E-state index in [2.05, 4.69) is 0 Å². The number of hydrogen-bond donors (Lipinski definition) is 1. The molecular formula is C8H7ClO3S. The van der Waals surface area contributed by atoms with Crippen molar-refractivity contribution in [3.05, 3.63) is 21.9 Å². The number of carbonyl (C=O) groups is 2. The molecule has 0 saturated heterocycles. The first-order valence-electron chi connectivity index (χ1n) is 3.53. The van der Waals surface area contributed by atoms with Gasteiger partial charge < -0.3 is 5.11 Å². The topological polar surface area (TPSA) is 54.4 Å². The second kappa shape index (κ2) is 4.39. The molecule has 0 unspecified atom stereocenters. The summed E-state index contributed by atoms with van der Waals surface area (Å²) in [6.45, 7) is 0. The van der Waals surface area contributed by atoms with E-state index in [1.54, 1.807) is 12.1 Å². The van der Waals surface area contributed by atoms with Gasteiger partial charge in [-0.3, -0.25) is 9.59 Å². The molecule has 0 aliphatic carbocycles. The van der Waals surface area contributed by atoms with Gasteiger partial charge in [0.1, 0.15) is 0 Å². The van der Waals surface area contributed by atoms with Gasteiger partial charge in [0.2, 0.25) is 0 Å². The van der Waals surface area contributed by atoms with Crippen LogP contribution in [0.5, 0.6) is 0 Å². The third kappa shape index (κ3) is 2.82. The van der Waals surface area contributed by atoms with Gasteiger partial charge in [-0.25, -0.2) is 0 Å². The highest BCUT2D eigenvalue weighted by Crippen LogP contribution is 2.17. The summed E-state index contributed by atoms with van der Waals surface area (Å²) in [4.78, 5) is 22.5. The second-order valence-electron chi connectivity index (χ2n) is 2.39. The molecule has 1 rings (SSSR count). The van der Waals surface area contributed by atoms with Crippen molar-refractivity contribution in [1.82, 2.24) is 0 Å². The number of Topliss-reactive ketones (excluding diaryl/α,β-unsaturated/α-hetero) is 1. The van der Waals surface area contributed by atoms with Gasteiger partial charge >= 0.3 is 5.97 Å². The zero-order chi connectivity index (χ0) is 9.84. The molecule has 0 spiro atoms. The van der Waals surface area contributed by atoms with Gasteiger partial charge in [-0.15, -0.1) is 22.9 Å². The van der Waals surface area contributed by atoms with Crippen LogP contribution in [0.4, 0.5) is 0 Å². The predicted molar refractivity (Wildman–Crippen MR) is 50.7 cm³/mol. The van der Waals surface area contributed by atoms with E-state index >= 15 is 0 Å². The van der Waals surface area contributed by atoms with E-state index in [1.807, 2.05) is 0 Å². The smallest absolute Gasteiger partial charge is 0.308 e. The molecule has 0 aliphatic heterocycles. The Kier molecular flexibility index (Phi) is 3.45. The summed E-state index contributed by atoms with van der Waals surface area (Å²) in [5.41, 5.74) is 0. The average Bonchev–Trinajstić information content (AvgIpc) is 2.50. The molecule has 13 heavy (non-hydrogen) atoms. The van der Waals surface area contributed by atoms with Gasteiger partial charge in [-0.05, 0) is 12.1 Å². The number of carbonyl (C=O) groups excluding carboxylic acids is 1. The Morgan fingerprint density at radius 2 is 2.15 bits per heavy atom. The minimum absolute atomic E-state index is 0.0414. The predicted octanol–water partition coefficient (Wildman–Crippen LogP) is 1.80. The van der Waals surface area contributed by atoms with Crippen LogP contribution in [0, 0.1) is 0 Å². The maximum absolute atomic E-state index is 11.0. The maximum atomic E-state index is 11.0. The molecule has 0 aliphatic rings. The molecule has 1 heterocycles. The number of rotatable bonds is 4. The Morgan fingerprint density at radius 1 is 1.46 bits per heavy atom. The molecular weight excluding hydrogens is 212 g/mol. The highest BCUT2D eigenvalue weighted by Gasteiger charge is 2.09. The number of alkyl halides is 1. The number of aliphatic carboxylic acids is 1. The van der Waals surface area contributed by atoms with E-state index in [0.29, 0.717) is 9.75 Å². The summed E-state index contributed by atoms with van der Waals surface area (Å²) >= 11 is 6.52. The van der Waals surface area contributed by atoms with Crippen LogP contribution in [-0.2, 0) is 11.2 Å². The standard InChI is InChI=1S/C8H7ClO3S/c9-4-6(10)7-2-1-5(13-7)3-8(11)12/h1-2H,3-4H2,(H,11,12). The summed E-state index contributed by atoms with van der Waals surface area (Å²) in [6, 6.07) is 3.24.